The van der Waals surface area contributed by atoms with Gasteiger partial charge in [-0.2, -0.15) is 0 Å². The third-order valence-electron chi connectivity index (χ3n) is 3.92. The van der Waals surface area contributed by atoms with E-state index in [0.717, 1.165) is 24.3 Å². The molecule has 2 nitrogen and oxygen atoms in total. The lowest BCUT2D eigenvalue weighted by molar-refractivity contribution is -0.0975. The summed E-state index contributed by atoms with van der Waals surface area (Å²) in [6.45, 7) is 7.33. The van der Waals surface area contributed by atoms with Crippen molar-refractivity contribution in [3.05, 3.63) is 29.8 Å². The molecule has 2 unspecified atom stereocenters. The second kappa shape index (κ2) is 5.04. The Morgan fingerprint density at radius 2 is 2.28 bits per heavy atom. The van der Waals surface area contributed by atoms with Crippen molar-refractivity contribution in [3.63, 3.8) is 0 Å². The van der Waals surface area contributed by atoms with E-state index in [1.165, 1.54) is 0 Å². The molecule has 0 heterocycles. The zero-order valence-corrected chi connectivity index (χ0v) is 11.4. The molecule has 1 aliphatic carbocycles. The summed E-state index contributed by atoms with van der Waals surface area (Å²) >= 11 is 0. The van der Waals surface area contributed by atoms with Gasteiger partial charge in [-0.05, 0) is 31.5 Å². The first-order chi connectivity index (χ1) is 8.57. The Hall–Kier alpha value is -1.46. The van der Waals surface area contributed by atoms with Gasteiger partial charge in [0, 0.05) is 29.3 Å². The van der Waals surface area contributed by atoms with Crippen LogP contribution in [0.15, 0.2) is 24.3 Å². The maximum absolute atomic E-state index is 5.73. The molecule has 1 aromatic carbocycles. The van der Waals surface area contributed by atoms with Gasteiger partial charge in [0.25, 0.3) is 0 Å². The van der Waals surface area contributed by atoms with Crippen molar-refractivity contribution in [2.45, 2.75) is 39.3 Å². The van der Waals surface area contributed by atoms with Crippen molar-refractivity contribution in [2.24, 2.45) is 5.41 Å². The lowest BCUT2D eigenvalue weighted by Crippen LogP contribution is -2.58. The number of ether oxygens (including phenoxy) is 1. The maximum Gasteiger partial charge on any atom is 0.0665 e. The van der Waals surface area contributed by atoms with Crippen LogP contribution in [-0.2, 0) is 4.74 Å². The van der Waals surface area contributed by atoms with Gasteiger partial charge in [0.05, 0.1) is 6.10 Å². The number of anilines is 1. The Bertz CT molecular complexity index is 458. The highest BCUT2D eigenvalue weighted by Crippen LogP contribution is 2.44. The monoisotopic (exact) mass is 243 g/mol. The second-order valence-corrected chi connectivity index (χ2v) is 5.42. The minimum Gasteiger partial charge on any atom is -0.382 e. The molecule has 1 aromatic rings. The van der Waals surface area contributed by atoms with Crippen molar-refractivity contribution < 1.29 is 4.74 Å². The van der Waals surface area contributed by atoms with Crippen molar-refractivity contribution in [1.82, 2.24) is 0 Å². The van der Waals surface area contributed by atoms with Gasteiger partial charge in [-0.1, -0.05) is 25.8 Å². The van der Waals surface area contributed by atoms with E-state index in [9.17, 15) is 0 Å². The smallest absolute Gasteiger partial charge is 0.0665 e. The molecule has 1 aliphatic rings. The molecule has 0 saturated heterocycles. The first-order valence-corrected chi connectivity index (χ1v) is 6.52. The first kappa shape index (κ1) is 13.0. The summed E-state index contributed by atoms with van der Waals surface area (Å²) in [7, 11) is 0. The number of rotatable bonds is 4. The maximum atomic E-state index is 5.73. The van der Waals surface area contributed by atoms with Crippen molar-refractivity contribution in [3.8, 4) is 12.3 Å². The number of hydrogen-bond donors (Lipinski definition) is 1. The summed E-state index contributed by atoms with van der Waals surface area (Å²) in [4.78, 5) is 0. The molecule has 2 heteroatoms. The fourth-order valence-corrected chi connectivity index (χ4v) is 2.51. The average molecular weight is 243 g/mol. The predicted molar refractivity (Wildman–Crippen MR) is 75.6 cm³/mol. The van der Waals surface area contributed by atoms with Gasteiger partial charge in [0.15, 0.2) is 0 Å². The Kier molecular flexibility index (Phi) is 3.63. The van der Waals surface area contributed by atoms with Crippen LogP contribution in [0, 0.1) is 17.8 Å². The molecule has 1 N–H and O–H groups in total. The molecule has 0 aliphatic heterocycles. The summed E-state index contributed by atoms with van der Waals surface area (Å²) in [5, 5.41) is 3.56. The SMILES string of the molecule is C#Cc1cccc(NC2CC(OCC)C2(C)C)c1. The molecule has 0 aromatic heterocycles. The lowest BCUT2D eigenvalue weighted by atomic mass is 9.64. The van der Waals surface area contributed by atoms with Crippen LogP contribution in [0.2, 0.25) is 0 Å². The van der Waals surface area contributed by atoms with Gasteiger partial charge in [-0.15, -0.1) is 6.42 Å². The van der Waals surface area contributed by atoms with E-state index in [1.54, 1.807) is 0 Å². The van der Waals surface area contributed by atoms with Gasteiger partial charge < -0.3 is 10.1 Å². The summed E-state index contributed by atoms with van der Waals surface area (Å²) < 4.78 is 5.73. The van der Waals surface area contributed by atoms with E-state index in [-0.39, 0.29) is 5.41 Å². The standard InChI is InChI=1S/C16H21NO/c1-5-12-8-7-9-13(10-12)17-14-11-15(18-6-2)16(14,3)4/h1,7-10,14-15,17H,6,11H2,2-4H3. The average Bonchev–Trinajstić information content (AvgIpc) is 2.38. The van der Waals surface area contributed by atoms with E-state index in [0.29, 0.717) is 12.1 Å². The first-order valence-electron chi connectivity index (χ1n) is 6.52. The molecule has 2 rings (SSSR count). The summed E-state index contributed by atoms with van der Waals surface area (Å²) in [5.74, 6) is 2.66. The molecule has 1 saturated carbocycles. The van der Waals surface area contributed by atoms with Crippen LogP contribution in [0.4, 0.5) is 5.69 Å². The van der Waals surface area contributed by atoms with E-state index < -0.39 is 0 Å². The van der Waals surface area contributed by atoms with Crippen LogP contribution in [0.25, 0.3) is 0 Å². The van der Waals surface area contributed by atoms with E-state index in [1.807, 2.05) is 25.1 Å². The topological polar surface area (TPSA) is 21.3 Å². The molecule has 0 amide bonds. The predicted octanol–water partition coefficient (Wildman–Crippen LogP) is 3.28. The Labute approximate surface area is 110 Å². The minimum absolute atomic E-state index is 0.169. The van der Waals surface area contributed by atoms with Crippen LogP contribution >= 0.6 is 0 Å². The summed E-state index contributed by atoms with van der Waals surface area (Å²) in [5.41, 5.74) is 2.18. The number of nitrogens with one attached hydrogen (secondary N) is 1. The van der Waals surface area contributed by atoms with Gasteiger partial charge in [-0.25, -0.2) is 0 Å². The fourth-order valence-electron chi connectivity index (χ4n) is 2.51. The molecular weight excluding hydrogens is 222 g/mol. The van der Waals surface area contributed by atoms with Crippen molar-refractivity contribution >= 4 is 5.69 Å². The number of terminal acetylenes is 1. The highest BCUT2D eigenvalue weighted by molar-refractivity contribution is 5.51. The van der Waals surface area contributed by atoms with Crippen LogP contribution in [0.3, 0.4) is 0 Å². The molecule has 1 fully saturated rings. The quantitative estimate of drug-likeness (QED) is 0.819. The molecule has 0 spiro atoms. The third-order valence-corrected chi connectivity index (χ3v) is 3.92. The summed E-state index contributed by atoms with van der Waals surface area (Å²) in [6.07, 6.45) is 6.83. The number of hydrogen-bond acceptors (Lipinski definition) is 2. The van der Waals surface area contributed by atoms with Crippen molar-refractivity contribution in [2.75, 3.05) is 11.9 Å². The Morgan fingerprint density at radius 1 is 1.50 bits per heavy atom. The van der Waals surface area contributed by atoms with E-state index in [2.05, 4.69) is 31.2 Å². The van der Waals surface area contributed by atoms with Gasteiger partial charge >= 0.3 is 0 Å². The van der Waals surface area contributed by atoms with Gasteiger partial charge in [0.2, 0.25) is 0 Å². The van der Waals surface area contributed by atoms with Gasteiger partial charge in [-0.3, -0.25) is 0 Å². The van der Waals surface area contributed by atoms with E-state index in [4.69, 9.17) is 11.2 Å². The van der Waals surface area contributed by atoms with Crippen LogP contribution < -0.4 is 5.32 Å². The zero-order chi connectivity index (χ0) is 13.2. The zero-order valence-electron chi connectivity index (χ0n) is 11.4. The summed E-state index contributed by atoms with van der Waals surface area (Å²) in [6, 6.07) is 8.46. The fraction of sp³-hybridized carbons (Fsp3) is 0.500. The normalized spacial score (nSPS) is 25.0. The Morgan fingerprint density at radius 3 is 2.89 bits per heavy atom. The highest BCUT2D eigenvalue weighted by atomic mass is 16.5. The lowest BCUT2D eigenvalue weighted by Gasteiger charge is -2.52. The van der Waals surface area contributed by atoms with Crippen LogP contribution in [-0.4, -0.2) is 18.8 Å². The highest BCUT2D eigenvalue weighted by Gasteiger charge is 2.48. The van der Waals surface area contributed by atoms with Crippen molar-refractivity contribution in [1.29, 1.82) is 0 Å². The second-order valence-electron chi connectivity index (χ2n) is 5.42. The van der Waals surface area contributed by atoms with Crippen LogP contribution in [0.5, 0.6) is 0 Å². The van der Waals surface area contributed by atoms with Crippen LogP contribution in [0.1, 0.15) is 32.8 Å². The minimum atomic E-state index is 0.169. The molecular formula is C16H21NO. The van der Waals surface area contributed by atoms with Gasteiger partial charge in [0.1, 0.15) is 0 Å². The Balaban J connectivity index is 2.01. The third kappa shape index (κ3) is 2.37. The molecule has 18 heavy (non-hydrogen) atoms. The number of benzene rings is 1. The van der Waals surface area contributed by atoms with E-state index >= 15 is 0 Å². The molecule has 0 radical (unpaired) electrons. The molecule has 0 bridgehead atoms. The largest absolute Gasteiger partial charge is 0.382 e. The molecule has 96 valence electrons. The molecule has 2 atom stereocenters.